The summed E-state index contributed by atoms with van der Waals surface area (Å²) >= 11 is 0. The Hall–Kier alpha value is -1.51. The van der Waals surface area contributed by atoms with Gasteiger partial charge in [-0.3, -0.25) is 4.79 Å². The molecular weight excluding hydrogens is 156 g/mol. The van der Waals surface area contributed by atoms with Crippen molar-refractivity contribution < 1.29 is 14.6 Å². The maximum atomic E-state index is 9.83. The molecule has 0 aliphatic heterocycles. The average molecular weight is 165 g/mol. The zero-order valence-electron chi connectivity index (χ0n) is 6.70. The van der Waals surface area contributed by atoms with E-state index in [-0.39, 0.29) is 12.4 Å². The van der Waals surface area contributed by atoms with E-state index < -0.39 is 0 Å². The van der Waals surface area contributed by atoms with Crippen LogP contribution in [0.2, 0.25) is 0 Å². The lowest BCUT2D eigenvalue weighted by molar-refractivity contribution is 0.363. The SMILES string of the molecule is Cc1cc(OC[C]=O)ccc1O. The Balaban J connectivity index is 2.75. The second kappa shape index (κ2) is 3.76. The van der Waals surface area contributed by atoms with Gasteiger partial charge < -0.3 is 9.84 Å². The molecule has 1 N–H and O–H groups in total. The third kappa shape index (κ3) is 1.99. The third-order valence-electron chi connectivity index (χ3n) is 1.47. The molecule has 1 aromatic carbocycles. The largest absolute Gasteiger partial charge is 0.508 e. The summed E-state index contributed by atoms with van der Waals surface area (Å²) in [4.78, 5) is 9.83. The lowest BCUT2D eigenvalue weighted by Gasteiger charge is -2.03. The van der Waals surface area contributed by atoms with E-state index in [1.165, 1.54) is 6.07 Å². The minimum absolute atomic E-state index is 0.0792. The number of phenolic OH excluding ortho intramolecular Hbond substituents is 1. The quantitative estimate of drug-likeness (QED) is 0.731. The van der Waals surface area contributed by atoms with Crippen molar-refractivity contribution in [1.82, 2.24) is 0 Å². The van der Waals surface area contributed by atoms with Gasteiger partial charge in [0.25, 0.3) is 0 Å². The molecule has 0 atom stereocenters. The molecule has 0 bridgehead atoms. The fourth-order valence-corrected chi connectivity index (χ4v) is 0.831. The molecule has 0 saturated carbocycles. The van der Waals surface area contributed by atoms with Gasteiger partial charge in [0, 0.05) is 0 Å². The molecule has 0 fully saturated rings. The molecule has 1 radical (unpaired) electrons. The van der Waals surface area contributed by atoms with Crippen molar-refractivity contribution in [3.8, 4) is 11.5 Å². The van der Waals surface area contributed by atoms with Gasteiger partial charge >= 0.3 is 0 Å². The lowest BCUT2D eigenvalue weighted by Crippen LogP contribution is -1.97. The van der Waals surface area contributed by atoms with Gasteiger partial charge in [0.2, 0.25) is 6.29 Å². The van der Waals surface area contributed by atoms with Crippen LogP contribution in [-0.2, 0) is 4.79 Å². The summed E-state index contributed by atoms with van der Waals surface area (Å²) in [6.07, 6.45) is 1.62. The van der Waals surface area contributed by atoms with E-state index in [9.17, 15) is 4.79 Å². The standard InChI is InChI=1S/C9H9O3/c1-7-6-8(12-5-4-10)2-3-9(7)11/h2-3,6,11H,5H2,1H3. The molecule has 0 aliphatic carbocycles. The summed E-state index contributed by atoms with van der Waals surface area (Å²) < 4.78 is 4.96. The number of phenols is 1. The van der Waals surface area contributed by atoms with E-state index in [1.54, 1.807) is 25.3 Å². The van der Waals surface area contributed by atoms with E-state index in [1.807, 2.05) is 0 Å². The molecule has 0 amide bonds. The first-order valence-electron chi connectivity index (χ1n) is 3.51. The van der Waals surface area contributed by atoms with Gasteiger partial charge in [-0.1, -0.05) is 0 Å². The average Bonchev–Trinajstić information content (AvgIpc) is 2.07. The number of aryl methyl sites for hydroxylation is 1. The Labute approximate surface area is 70.6 Å². The maximum Gasteiger partial charge on any atom is 0.239 e. The number of ether oxygens (including phenoxy) is 1. The van der Waals surface area contributed by atoms with Crippen LogP contribution in [0.3, 0.4) is 0 Å². The van der Waals surface area contributed by atoms with Gasteiger partial charge in [-0.25, -0.2) is 0 Å². The summed E-state index contributed by atoms with van der Waals surface area (Å²) in [6, 6.07) is 4.78. The van der Waals surface area contributed by atoms with Crippen molar-refractivity contribution in [2.45, 2.75) is 6.92 Å². The first kappa shape index (κ1) is 8.59. The number of hydrogen-bond donors (Lipinski definition) is 1. The van der Waals surface area contributed by atoms with Crippen LogP contribution in [0, 0.1) is 6.92 Å². The van der Waals surface area contributed by atoms with Crippen LogP contribution >= 0.6 is 0 Å². The Kier molecular flexibility index (Phi) is 2.69. The van der Waals surface area contributed by atoms with Gasteiger partial charge in [-0.05, 0) is 30.7 Å². The first-order chi connectivity index (χ1) is 5.74. The van der Waals surface area contributed by atoms with Gasteiger partial charge in [0.05, 0.1) is 0 Å². The smallest absolute Gasteiger partial charge is 0.239 e. The van der Waals surface area contributed by atoms with E-state index in [0.29, 0.717) is 5.75 Å². The monoisotopic (exact) mass is 165 g/mol. The zero-order valence-corrected chi connectivity index (χ0v) is 6.70. The Morgan fingerprint density at radius 1 is 1.58 bits per heavy atom. The molecule has 3 nitrogen and oxygen atoms in total. The highest BCUT2D eigenvalue weighted by molar-refractivity contribution is 5.52. The topological polar surface area (TPSA) is 46.5 Å². The van der Waals surface area contributed by atoms with Crippen molar-refractivity contribution in [3.63, 3.8) is 0 Å². The normalized spacial score (nSPS) is 9.42. The van der Waals surface area contributed by atoms with E-state index in [2.05, 4.69) is 0 Å². The molecule has 0 saturated heterocycles. The molecule has 0 unspecified atom stereocenters. The molecule has 1 aromatic rings. The zero-order chi connectivity index (χ0) is 8.97. The maximum absolute atomic E-state index is 9.83. The first-order valence-corrected chi connectivity index (χ1v) is 3.51. The fourth-order valence-electron chi connectivity index (χ4n) is 0.831. The van der Waals surface area contributed by atoms with Crippen LogP contribution < -0.4 is 4.74 Å². The Bertz CT molecular complexity index is 281. The van der Waals surface area contributed by atoms with Crippen LogP contribution in [0.1, 0.15) is 5.56 Å². The number of rotatable bonds is 3. The molecule has 0 aliphatic rings. The van der Waals surface area contributed by atoms with Crippen molar-refractivity contribution in [2.24, 2.45) is 0 Å². The summed E-state index contributed by atoms with van der Waals surface area (Å²) in [5.41, 5.74) is 0.721. The van der Waals surface area contributed by atoms with Crippen LogP contribution in [0.15, 0.2) is 18.2 Å². The van der Waals surface area contributed by atoms with Crippen molar-refractivity contribution in [2.75, 3.05) is 6.61 Å². The molecule has 3 heteroatoms. The molecule has 1 rings (SSSR count). The summed E-state index contributed by atoms with van der Waals surface area (Å²) in [5, 5.41) is 9.14. The predicted octanol–water partition coefficient (Wildman–Crippen LogP) is 1.19. The van der Waals surface area contributed by atoms with Crippen LogP contribution in [0.4, 0.5) is 0 Å². The summed E-state index contributed by atoms with van der Waals surface area (Å²) in [5.74, 6) is 0.783. The number of benzene rings is 1. The van der Waals surface area contributed by atoms with Crippen molar-refractivity contribution in [1.29, 1.82) is 0 Å². The molecular formula is C9H9O3. The summed E-state index contributed by atoms with van der Waals surface area (Å²) in [6.45, 7) is 1.68. The van der Waals surface area contributed by atoms with E-state index >= 15 is 0 Å². The Morgan fingerprint density at radius 2 is 2.33 bits per heavy atom. The highest BCUT2D eigenvalue weighted by Gasteiger charge is 1.97. The highest BCUT2D eigenvalue weighted by Crippen LogP contribution is 2.21. The second-order valence-electron chi connectivity index (χ2n) is 2.38. The van der Waals surface area contributed by atoms with E-state index in [0.717, 1.165) is 5.56 Å². The Morgan fingerprint density at radius 3 is 2.92 bits per heavy atom. The second-order valence-corrected chi connectivity index (χ2v) is 2.38. The van der Waals surface area contributed by atoms with Gasteiger partial charge in [-0.15, -0.1) is 0 Å². The third-order valence-corrected chi connectivity index (χ3v) is 1.47. The highest BCUT2D eigenvalue weighted by atomic mass is 16.5. The molecule has 0 aromatic heterocycles. The van der Waals surface area contributed by atoms with Crippen molar-refractivity contribution >= 4 is 6.29 Å². The minimum Gasteiger partial charge on any atom is -0.508 e. The number of hydrogen-bond acceptors (Lipinski definition) is 3. The van der Waals surface area contributed by atoms with Gasteiger partial charge in [-0.2, -0.15) is 0 Å². The van der Waals surface area contributed by atoms with Gasteiger partial charge in [0.1, 0.15) is 11.5 Å². The molecule has 0 spiro atoms. The van der Waals surface area contributed by atoms with Gasteiger partial charge in [0.15, 0.2) is 6.61 Å². The molecule has 12 heavy (non-hydrogen) atoms. The van der Waals surface area contributed by atoms with Crippen LogP contribution in [-0.4, -0.2) is 18.0 Å². The number of carbonyl (C=O) groups excluding carboxylic acids is 1. The van der Waals surface area contributed by atoms with Crippen LogP contribution in [0.25, 0.3) is 0 Å². The van der Waals surface area contributed by atoms with E-state index in [4.69, 9.17) is 9.84 Å². The minimum atomic E-state index is -0.0792. The fraction of sp³-hybridized carbons (Fsp3) is 0.222. The number of aromatic hydroxyl groups is 1. The lowest BCUT2D eigenvalue weighted by atomic mass is 10.2. The molecule has 0 heterocycles. The van der Waals surface area contributed by atoms with Crippen molar-refractivity contribution in [3.05, 3.63) is 23.8 Å². The summed E-state index contributed by atoms with van der Waals surface area (Å²) in [7, 11) is 0. The van der Waals surface area contributed by atoms with Crippen LogP contribution in [0.5, 0.6) is 11.5 Å². The predicted molar refractivity (Wildman–Crippen MR) is 44.0 cm³/mol. The molecule has 63 valence electrons.